The zero-order chi connectivity index (χ0) is 10.1. The van der Waals surface area contributed by atoms with Crippen molar-refractivity contribution in [2.75, 3.05) is 5.73 Å². The Morgan fingerprint density at radius 1 is 1.43 bits per heavy atom. The van der Waals surface area contributed by atoms with Crippen molar-refractivity contribution in [3.63, 3.8) is 0 Å². The molecule has 1 heterocycles. The number of aromatic nitrogens is 3. The number of nitrogen functional groups attached to an aromatic ring is 1. The van der Waals surface area contributed by atoms with Gasteiger partial charge in [-0.2, -0.15) is 5.10 Å². The second-order valence-corrected chi connectivity index (χ2v) is 3.84. The molecule has 0 atom stereocenters. The van der Waals surface area contributed by atoms with Gasteiger partial charge in [0.15, 0.2) is 5.82 Å². The van der Waals surface area contributed by atoms with Gasteiger partial charge in [0.2, 0.25) is 0 Å². The first-order valence-electron chi connectivity index (χ1n) is 4.11. The van der Waals surface area contributed by atoms with Crippen LogP contribution >= 0.6 is 15.9 Å². The lowest BCUT2D eigenvalue weighted by Gasteiger charge is -1.99. The highest BCUT2D eigenvalue weighted by atomic mass is 79.9. The van der Waals surface area contributed by atoms with Crippen LogP contribution < -0.4 is 5.73 Å². The van der Waals surface area contributed by atoms with Crippen molar-refractivity contribution >= 4 is 21.6 Å². The largest absolute Gasteiger partial charge is 0.398 e. The van der Waals surface area contributed by atoms with Gasteiger partial charge in [-0.3, -0.25) is 5.10 Å². The molecule has 0 aliphatic heterocycles. The molecule has 0 unspecified atom stereocenters. The zero-order valence-corrected chi connectivity index (χ0v) is 9.17. The van der Waals surface area contributed by atoms with E-state index < -0.39 is 0 Å². The Hall–Kier alpha value is -1.36. The van der Waals surface area contributed by atoms with E-state index in [1.807, 2.05) is 25.1 Å². The van der Waals surface area contributed by atoms with Crippen LogP contribution in [0.4, 0.5) is 5.69 Å². The van der Waals surface area contributed by atoms with E-state index in [2.05, 4.69) is 31.1 Å². The Morgan fingerprint density at radius 2 is 2.21 bits per heavy atom. The molecule has 0 saturated carbocycles. The van der Waals surface area contributed by atoms with Gasteiger partial charge in [-0.05, 0) is 41.1 Å². The average Bonchev–Trinajstić information content (AvgIpc) is 2.57. The molecule has 2 rings (SSSR count). The third-order valence-electron chi connectivity index (χ3n) is 1.85. The van der Waals surface area contributed by atoms with Crippen molar-refractivity contribution in [1.29, 1.82) is 0 Å². The van der Waals surface area contributed by atoms with E-state index in [1.165, 1.54) is 0 Å². The van der Waals surface area contributed by atoms with Crippen LogP contribution in [0, 0.1) is 6.92 Å². The van der Waals surface area contributed by atoms with Crippen molar-refractivity contribution in [3.05, 3.63) is 28.5 Å². The first kappa shape index (κ1) is 9.21. The van der Waals surface area contributed by atoms with Gasteiger partial charge in [0, 0.05) is 15.7 Å². The lowest BCUT2D eigenvalue weighted by Crippen LogP contribution is -1.88. The van der Waals surface area contributed by atoms with E-state index in [0.717, 1.165) is 15.9 Å². The Bertz CT molecular complexity index is 464. The highest BCUT2D eigenvalue weighted by molar-refractivity contribution is 9.10. The van der Waals surface area contributed by atoms with Gasteiger partial charge in [0.1, 0.15) is 5.82 Å². The maximum absolute atomic E-state index is 5.75. The first-order valence-corrected chi connectivity index (χ1v) is 4.90. The van der Waals surface area contributed by atoms with E-state index in [9.17, 15) is 0 Å². The van der Waals surface area contributed by atoms with Crippen molar-refractivity contribution in [1.82, 2.24) is 15.2 Å². The summed E-state index contributed by atoms with van der Waals surface area (Å²) in [6.07, 6.45) is 0. The normalized spacial score (nSPS) is 10.4. The fourth-order valence-corrected chi connectivity index (χ4v) is 1.40. The maximum atomic E-state index is 5.75. The third-order valence-corrected chi connectivity index (χ3v) is 2.57. The molecule has 0 aliphatic carbocycles. The molecule has 3 N–H and O–H groups in total. The number of nitrogens with two attached hydrogens (primary N) is 1. The Labute approximate surface area is 89.7 Å². The predicted molar refractivity (Wildman–Crippen MR) is 58.7 cm³/mol. The second-order valence-electron chi connectivity index (χ2n) is 2.98. The smallest absolute Gasteiger partial charge is 0.181 e. The summed E-state index contributed by atoms with van der Waals surface area (Å²) in [6.45, 7) is 1.86. The maximum Gasteiger partial charge on any atom is 0.181 e. The van der Waals surface area contributed by atoms with Crippen LogP contribution in [0.2, 0.25) is 0 Å². The van der Waals surface area contributed by atoms with Gasteiger partial charge in [-0.15, -0.1) is 0 Å². The van der Waals surface area contributed by atoms with Crippen LogP contribution in [0.3, 0.4) is 0 Å². The molecule has 72 valence electrons. The molecule has 0 fully saturated rings. The van der Waals surface area contributed by atoms with E-state index in [-0.39, 0.29) is 0 Å². The summed E-state index contributed by atoms with van der Waals surface area (Å²) in [5, 5.41) is 6.84. The number of hydrogen-bond acceptors (Lipinski definition) is 3. The Kier molecular flexibility index (Phi) is 2.25. The van der Waals surface area contributed by atoms with Gasteiger partial charge in [0.05, 0.1) is 0 Å². The minimum absolute atomic E-state index is 0.668. The summed E-state index contributed by atoms with van der Waals surface area (Å²) in [5.74, 6) is 1.46. The van der Waals surface area contributed by atoms with Gasteiger partial charge >= 0.3 is 0 Å². The number of H-pyrrole nitrogens is 1. The summed E-state index contributed by atoms with van der Waals surface area (Å²) in [4.78, 5) is 4.21. The van der Waals surface area contributed by atoms with Crippen molar-refractivity contribution in [2.45, 2.75) is 6.92 Å². The molecule has 2 aromatic rings. The van der Waals surface area contributed by atoms with E-state index >= 15 is 0 Å². The summed E-state index contributed by atoms with van der Waals surface area (Å²) >= 11 is 3.33. The molecular weight excluding hydrogens is 244 g/mol. The van der Waals surface area contributed by atoms with Gasteiger partial charge in [0.25, 0.3) is 0 Å². The molecule has 1 aromatic heterocycles. The number of rotatable bonds is 1. The van der Waals surface area contributed by atoms with Crippen LogP contribution in [0.25, 0.3) is 11.4 Å². The number of aryl methyl sites for hydroxylation is 1. The molecular formula is C9H9BrN4. The van der Waals surface area contributed by atoms with Gasteiger partial charge in [-0.25, -0.2) is 4.98 Å². The minimum Gasteiger partial charge on any atom is -0.398 e. The third kappa shape index (κ3) is 1.63. The van der Waals surface area contributed by atoms with Crippen LogP contribution in [0.5, 0.6) is 0 Å². The van der Waals surface area contributed by atoms with Gasteiger partial charge in [-0.1, -0.05) is 0 Å². The van der Waals surface area contributed by atoms with E-state index in [1.54, 1.807) is 0 Å². The van der Waals surface area contributed by atoms with Crippen molar-refractivity contribution < 1.29 is 0 Å². The van der Waals surface area contributed by atoms with Crippen LogP contribution in [-0.4, -0.2) is 15.2 Å². The summed E-state index contributed by atoms with van der Waals surface area (Å²) in [5.41, 5.74) is 7.35. The van der Waals surface area contributed by atoms with E-state index in [0.29, 0.717) is 11.5 Å². The van der Waals surface area contributed by atoms with Crippen molar-refractivity contribution in [3.8, 4) is 11.4 Å². The summed E-state index contributed by atoms with van der Waals surface area (Å²) in [7, 11) is 0. The highest BCUT2D eigenvalue weighted by Gasteiger charge is 2.04. The fraction of sp³-hybridized carbons (Fsp3) is 0.111. The molecule has 14 heavy (non-hydrogen) atoms. The molecule has 0 radical (unpaired) electrons. The predicted octanol–water partition coefficient (Wildman–Crippen LogP) is 2.12. The number of halogens is 1. The molecule has 0 amide bonds. The number of nitrogens with one attached hydrogen (secondary N) is 1. The summed E-state index contributed by atoms with van der Waals surface area (Å²) < 4.78 is 0.883. The van der Waals surface area contributed by atoms with Crippen LogP contribution in [0.1, 0.15) is 5.82 Å². The molecule has 4 nitrogen and oxygen atoms in total. The number of aromatic amines is 1. The quantitative estimate of drug-likeness (QED) is 0.765. The van der Waals surface area contributed by atoms with Crippen LogP contribution in [-0.2, 0) is 0 Å². The zero-order valence-electron chi connectivity index (χ0n) is 7.58. The lowest BCUT2D eigenvalue weighted by atomic mass is 10.2. The number of hydrogen-bond donors (Lipinski definition) is 2. The number of anilines is 1. The Morgan fingerprint density at radius 3 is 2.79 bits per heavy atom. The molecule has 0 aliphatic rings. The van der Waals surface area contributed by atoms with Crippen LogP contribution in [0.15, 0.2) is 22.7 Å². The number of nitrogens with zero attached hydrogens (tertiary/aromatic N) is 2. The molecule has 1 aromatic carbocycles. The minimum atomic E-state index is 0.668. The topological polar surface area (TPSA) is 67.6 Å². The second kappa shape index (κ2) is 3.42. The number of benzene rings is 1. The van der Waals surface area contributed by atoms with E-state index in [4.69, 9.17) is 5.73 Å². The lowest BCUT2D eigenvalue weighted by molar-refractivity contribution is 1.04. The molecule has 0 spiro atoms. The van der Waals surface area contributed by atoms with Crippen molar-refractivity contribution in [2.24, 2.45) is 0 Å². The monoisotopic (exact) mass is 252 g/mol. The van der Waals surface area contributed by atoms with Gasteiger partial charge < -0.3 is 5.73 Å². The first-order chi connectivity index (χ1) is 6.66. The average molecular weight is 253 g/mol. The molecule has 0 bridgehead atoms. The SMILES string of the molecule is Cc1nc(-c2ccc(Br)c(N)c2)n[nH]1. The fourth-order valence-electron chi connectivity index (χ4n) is 1.15. The summed E-state index contributed by atoms with van der Waals surface area (Å²) in [6, 6.07) is 5.64. The molecule has 0 saturated heterocycles. The standard InChI is InChI=1S/C9H9BrN4/c1-5-12-9(14-13-5)6-2-3-7(10)8(11)4-6/h2-4H,11H2,1H3,(H,12,13,14). The Balaban J connectivity index is 2.47. The highest BCUT2D eigenvalue weighted by Crippen LogP contribution is 2.24. The molecule has 5 heteroatoms.